The highest BCUT2D eigenvalue weighted by Crippen LogP contribution is 2.36. The lowest BCUT2D eigenvalue weighted by atomic mass is 9.76. The molecule has 1 aliphatic rings. The van der Waals surface area contributed by atoms with Crippen LogP contribution in [0, 0.1) is 5.92 Å². The number of Topliss-reactive ketones (excluding diaryl/α,β-unsaturated/α-hetero) is 3. The monoisotopic (exact) mass is 370 g/mol. The van der Waals surface area contributed by atoms with Crippen molar-refractivity contribution < 1.29 is 19.1 Å². The highest BCUT2D eigenvalue weighted by Gasteiger charge is 2.36. The molecule has 0 fully saturated rings. The Kier molecular flexibility index (Phi) is 7.52. The molecule has 1 aliphatic carbocycles. The summed E-state index contributed by atoms with van der Waals surface area (Å²) in [6, 6.07) is 5.41. The standard InChI is InChI=1S/C23H30O4/c1-5-6-7-8-9-10-21(27-4)22-20-13-17(15(2)24)11-12-18(20)14-19(16(3)25)23(22)26/h11-13,19H,5-10,14H2,1-4H3/b22-21-. The van der Waals surface area contributed by atoms with E-state index in [1.54, 1.807) is 19.2 Å². The average molecular weight is 370 g/mol. The lowest BCUT2D eigenvalue weighted by Gasteiger charge is -2.26. The Morgan fingerprint density at radius 3 is 2.41 bits per heavy atom. The van der Waals surface area contributed by atoms with Crippen molar-refractivity contribution >= 4 is 22.9 Å². The van der Waals surface area contributed by atoms with Crippen molar-refractivity contribution in [3.8, 4) is 0 Å². The second-order valence-corrected chi connectivity index (χ2v) is 7.33. The number of carbonyl (C=O) groups excluding carboxylic acids is 3. The highest BCUT2D eigenvalue weighted by atomic mass is 16.5. The van der Waals surface area contributed by atoms with E-state index in [1.807, 2.05) is 6.07 Å². The van der Waals surface area contributed by atoms with Crippen LogP contribution >= 0.6 is 0 Å². The molecule has 27 heavy (non-hydrogen) atoms. The molecule has 4 heteroatoms. The maximum Gasteiger partial charge on any atom is 0.177 e. The topological polar surface area (TPSA) is 60.4 Å². The van der Waals surface area contributed by atoms with Gasteiger partial charge in [-0.1, -0.05) is 44.7 Å². The van der Waals surface area contributed by atoms with Crippen molar-refractivity contribution in [2.24, 2.45) is 5.92 Å². The van der Waals surface area contributed by atoms with Gasteiger partial charge in [0.1, 0.15) is 11.5 Å². The zero-order valence-corrected chi connectivity index (χ0v) is 16.9. The number of hydrogen-bond acceptors (Lipinski definition) is 4. The fraction of sp³-hybridized carbons (Fsp3) is 0.522. The summed E-state index contributed by atoms with van der Waals surface area (Å²) >= 11 is 0. The minimum atomic E-state index is -0.666. The normalized spacial score (nSPS) is 18.1. The van der Waals surface area contributed by atoms with E-state index in [0.29, 0.717) is 29.7 Å². The molecule has 0 saturated heterocycles. The number of hydrogen-bond donors (Lipinski definition) is 0. The van der Waals surface area contributed by atoms with Crippen LogP contribution in [0.25, 0.3) is 5.57 Å². The molecule has 0 aromatic heterocycles. The van der Waals surface area contributed by atoms with Gasteiger partial charge in [0.25, 0.3) is 0 Å². The van der Waals surface area contributed by atoms with Crippen LogP contribution < -0.4 is 0 Å². The van der Waals surface area contributed by atoms with Crippen LogP contribution in [-0.2, 0) is 20.7 Å². The molecule has 0 amide bonds. The molecule has 146 valence electrons. The molecule has 0 radical (unpaired) electrons. The van der Waals surface area contributed by atoms with Crippen molar-refractivity contribution in [3.63, 3.8) is 0 Å². The van der Waals surface area contributed by atoms with Crippen molar-refractivity contribution in [1.29, 1.82) is 0 Å². The van der Waals surface area contributed by atoms with Crippen LogP contribution in [0.15, 0.2) is 24.0 Å². The van der Waals surface area contributed by atoms with Gasteiger partial charge in [-0.15, -0.1) is 0 Å². The summed E-state index contributed by atoms with van der Waals surface area (Å²) in [6.45, 7) is 5.15. The predicted molar refractivity (Wildman–Crippen MR) is 107 cm³/mol. The van der Waals surface area contributed by atoms with Crippen LogP contribution in [0.3, 0.4) is 0 Å². The largest absolute Gasteiger partial charge is 0.500 e. The van der Waals surface area contributed by atoms with E-state index >= 15 is 0 Å². The molecule has 1 atom stereocenters. The molecule has 0 aliphatic heterocycles. The second-order valence-electron chi connectivity index (χ2n) is 7.33. The smallest absolute Gasteiger partial charge is 0.177 e. The molecule has 0 saturated carbocycles. The van der Waals surface area contributed by atoms with Crippen LogP contribution in [0.4, 0.5) is 0 Å². The van der Waals surface area contributed by atoms with E-state index in [1.165, 1.54) is 26.7 Å². The first-order valence-electron chi connectivity index (χ1n) is 9.86. The number of benzene rings is 1. The van der Waals surface area contributed by atoms with Gasteiger partial charge in [-0.3, -0.25) is 14.4 Å². The summed E-state index contributed by atoms with van der Waals surface area (Å²) in [5.41, 5.74) is 2.72. The van der Waals surface area contributed by atoms with E-state index in [9.17, 15) is 14.4 Å². The number of fused-ring (bicyclic) bond motifs is 1. The Bertz CT molecular complexity index is 758. The third-order valence-electron chi connectivity index (χ3n) is 5.30. The Morgan fingerprint density at radius 2 is 1.81 bits per heavy atom. The summed E-state index contributed by atoms with van der Waals surface area (Å²) in [5, 5.41) is 0. The minimum absolute atomic E-state index is 0.0446. The summed E-state index contributed by atoms with van der Waals surface area (Å²) in [7, 11) is 1.58. The molecule has 1 unspecified atom stereocenters. The number of ether oxygens (including phenoxy) is 1. The van der Waals surface area contributed by atoms with Crippen molar-refractivity contribution in [2.45, 2.75) is 65.7 Å². The van der Waals surface area contributed by atoms with Gasteiger partial charge >= 0.3 is 0 Å². The van der Waals surface area contributed by atoms with Gasteiger partial charge in [0.2, 0.25) is 0 Å². The molecular weight excluding hydrogens is 340 g/mol. The van der Waals surface area contributed by atoms with Gasteiger partial charge in [-0.2, -0.15) is 0 Å². The number of methoxy groups -OCH3 is 1. The van der Waals surface area contributed by atoms with Crippen LogP contribution in [0.2, 0.25) is 0 Å². The molecule has 4 nitrogen and oxygen atoms in total. The molecule has 0 spiro atoms. The number of allylic oxidation sites excluding steroid dienone is 2. The average Bonchev–Trinajstić information content (AvgIpc) is 2.64. The van der Waals surface area contributed by atoms with E-state index in [0.717, 1.165) is 30.4 Å². The molecule has 0 bridgehead atoms. The number of rotatable bonds is 9. The van der Waals surface area contributed by atoms with Gasteiger partial charge in [0.15, 0.2) is 11.6 Å². The van der Waals surface area contributed by atoms with Gasteiger partial charge < -0.3 is 4.74 Å². The summed E-state index contributed by atoms with van der Waals surface area (Å²) in [6.07, 6.45) is 6.62. The molecular formula is C23H30O4. The van der Waals surface area contributed by atoms with Crippen LogP contribution in [-0.4, -0.2) is 24.5 Å². The van der Waals surface area contributed by atoms with Crippen molar-refractivity contribution in [1.82, 2.24) is 0 Å². The Labute approximate surface area is 162 Å². The number of unbranched alkanes of at least 4 members (excludes halogenated alkanes) is 4. The molecule has 1 aromatic rings. The van der Waals surface area contributed by atoms with Gasteiger partial charge in [0.05, 0.1) is 18.6 Å². The molecule has 2 rings (SSSR count). The van der Waals surface area contributed by atoms with Gasteiger partial charge in [-0.25, -0.2) is 0 Å². The first kappa shape index (κ1) is 21.1. The Balaban J connectivity index is 2.46. The lowest BCUT2D eigenvalue weighted by molar-refractivity contribution is -0.128. The Morgan fingerprint density at radius 1 is 1.11 bits per heavy atom. The van der Waals surface area contributed by atoms with E-state index in [4.69, 9.17) is 4.74 Å². The predicted octanol–water partition coefficient (Wildman–Crippen LogP) is 4.94. The number of ketones is 3. The van der Waals surface area contributed by atoms with Gasteiger partial charge in [0, 0.05) is 12.0 Å². The second kappa shape index (κ2) is 9.63. The zero-order valence-electron chi connectivity index (χ0n) is 16.9. The first-order chi connectivity index (χ1) is 12.9. The lowest BCUT2D eigenvalue weighted by Crippen LogP contribution is -2.31. The Hall–Kier alpha value is -2.23. The SMILES string of the molecule is CCCCCCC/C(OC)=C1/C(=O)C(C(C)=O)Cc2ccc(C(C)=O)cc21. The summed E-state index contributed by atoms with van der Waals surface area (Å²) < 4.78 is 5.61. The van der Waals surface area contributed by atoms with E-state index in [-0.39, 0.29) is 17.3 Å². The van der Waals surface area contributed by atoms with E-state index < -0.39 is 5.92 Å². The van der Waals surface area contributed by atoms with Crippen molar-refractivity contribution in [3.05, 3.63) is 40.6 Å². The minimum Gasteiger partial charge on any atom is -0.500 e. The highest BCUT2D eigenvalue weighted by molar-refractivity contribution is 6.29. The maximum absolute atomic E-state index is 13.1. The van der Waals surface area contributed by atoms with Gasteiger partial charge in [-0.05, 0) is 43.9 Å². The van der Waals surface area contributed by atoms with Crippen molar-refractivity contribution in [2.75, 3.05) is 7.11 Å². The summed E-state index contributed by atoms with van der Waals surface area (Å²) in [4.78, 5) is 37.0. The molecule has 0 N–H and O–H groups in total. The third-order valence-corrected chi connectivity index (χ3v) is 5.30. The first-order valence-corrected chi connectivity index (χ1v) is 9.86. The van der Waals surface area contributed by atoms with Crippen LogP contribution in [0.5, 0.6) is 0 Å². The maximum atomic E-state index is 13.1. The zero-order chi connectivity index (χ0) is 20.0. The number of carbonyl (C=O) groups is 3. The van der Waals surface area contributed by atoms with E-state index in [2.05, 4.69) is 6.92 Å². The fourth-order valence-corrected chi connectivity index (χ4v) is 3.66. The third kappa shape index (κ3) is 4.94. The fourth-order valence-electron chi connectivity index (χ4n) is 3.66. The quantitative estimate of drug-likeness (QED) is 0.203. The summed E-state index contributed by atoms with van der Waals surface area (Å²) in [5.74, 6) is -0.388. The molecule has 1 aromatic carbocycles. The molecule has 0 heterocycles. The van der Waals surface area contributed by atoms with Crippen LogP contribution in [0.1, 0.15) is 80.8 Å².